The number of phenols is 1. The van der Waals surface area contributed by atoms with Gasteiger partial charge in [-0.1, -0.05) is 0 Å². The van der Waals surface area contributed by atoms with E-state index in [1.54, 1.807) is 6.92 Å². The standard InChI is InChI=1S/C14H17NO5/c1-9-6-15(7-12(8-16)20-9)14(19)13(18)10-2-4-11(17)5-3-10/h2-5,9,12,16-17H,6-8H2,1H3. The second-order valence-electron chi connectivity index (χ2n) is 4.84. The van der Waals surface area contributed by atoms with Gasteiger partial charge in [0.25, 0.3) is 5.91 Å². The van der Waals surface area contributed by atoms with E-state index in [-0.39, 0.29) is 30.6 Å². The number of carbonyl (C=O) groups excluding carboxylic acids is 2. The van der Waals surface area contributed by atoms with Crippen LogP contribution in [0.25, 0.3) is 0 Å². The van der Waals surface area contributed by atoms with E-state index >= 15 is 0 Å². The van der Waals surface area contributed by atoms with Gasteiger partial charge in [-0.15, -0.1) is 0 Å². The Balaban J connectivity index is 2.10. The van der Waals surface area contributed by atoms with Crippen LogP contribution in [0.5, 0.6) is 5.75 Å². The molecule has 2 rings (SSSR count). The quantitative estimate of drug-likeness (QED) is 0.609. The molecule has 2 N–H and O–H groups in total. The largest absolute Gasteiger partial charge is 0.508 e. The lowest BCUT2D eigenvalue weighted by Gasteiger charge is -2.35. The number of ketones is 1. The first-order valence-corrected chi connectivity index (χ1v) is 6.40. The summed E-state index contributed by atoms with van der Waals surface area (Å²) in [5.41, 5.74) is 0.229. The first kappa shape index (κ1) is 14.5. The van der Waals surface area contributed by atoms with Crippen molar-refractivity contribution in [2.75, 3.05) is 19.7 Å². The molecule has 1 fully saturated rings. The topological polar surface area (TPSA) is 87.1 Å². The Hall–Kier alpha value is -1.92. The van der Waals surface area contributed by atoms with Crippen molar-refractivity contribution in [2.24, 2.45) is 0 Å². The summed E-state index contributed by atoms with van der Waals surface area (Å²) in [5, 5.41) is 18.3. The summed E-state index contributed by atoms with van der Waals surface area (Å²) >= 11 is 0. The molecule has 1 aliphatic rings. The van der Waals surface area contributed by atoms with Gasteiger partial charge in [0, 0.05) is 18.7 Å². The van der Waals surface area contributed by atoms with Crippen LogP contribution >= 0.6 is 0 Å². The zero-order chi connectivity index (χ0) is 14.7. The molecule has 0 radical (unpaired) electrons. The van der Waals surface area contributed by atoms with Crippen molar-refractivity contribution in [3.05, 3.63) is 29.8 Å². The smallest absolute Gasteiger partial charge is 0.295 e. The van der Waals surface area contributed by atoms with Crippen molar-refractivity contribution >= 4 is 11.7 Å². The van der Waals surface area contributed by atoms with E-state index in [0.29, 0.717) is 6.54 Å². The second kappa shape index (κ2) is 6.02. The minimum atomic E-state index is -0.629. The van der Waals surface area contributed by atoms with Crippen LogP contribution in [0.15, 0.2) is 24.3 Å². The lowest BCUT2D eigenvalue weighted by Crippen LogP contribution is -2.52. The van der Waals surface area contributed by atoms with Gasteiger partial charge < -0.3 is 19.8 Å². The summed E-state index contributed by atoms with van der Waals surface area (Å²) in [7, 11) is 0. The molecule has 1 amide bonds. The number of carbonyl (C=O) groups is 2. The van der Waals surface area contributed by atoms with Gasteiger partial charge in [0.2, 0.25) is 5.78 Å². The number of rotatable bonds is 3. The lowest BCUT2D eigenvalue weighted by molar-refractivity contribution is -0.142. The van der Waals surface area contributed by atoms with Gasteiger partial charge in [0.1, 0.15) is 5.75 Å². The molecule has 6 heteroatoms. The molecule has 2 unspecified atom stereocenters. The SMILES string of the molecule is CC1CN(C(=O)C(=O)c2ccc(O)cc2)CC(CO)O1. The van der Waals surface area contributed by atoms with Crippen molar-refractivity contribution in [3.63, 3.8) is 0 Å². The highest BCUT2D eigenvalue weighted by atomic mass is 16.5. The Bertz CT molecular complexity index is 499. The minimum Gasteiger partial charge on any atom is -0.508 e. The maximum atomic E-state index is 12.2. The van der Waals surface area contributed by atoms with Gasteiger partial charge in [-0.3, -0.25) is 9.59 Å². The number of hydrogen-bond donors (Lipinski definition) is 2. The molecule has 0 bridgehead atoms. The van der Waals surface area contributed by atoms with Crippen molar-refractivity contribution in [3.8, 4) is 5.75 Å². The molecule has 0 aromatic heterocycles. The molecule has 108 valence electrons. The summed E-state index contributed by atoms with van der Waals surface area (Å²) < 4.78 is 5.43. The number of aromatic hydroxyl groups is 1. The molecule has 1 aromatic carbocycles. The van der Waals surface area contributed by atoms with Gasteiger partial charge >= 0.3 is 0 Å². The first-order valence-electron chi connectivity index (χ1n) is 6.40. The van der Waals surface area contributed by atoms with Crippen molar-refractivity contribution in [1.82, 2.24) is 4.90 Å². The van der Waals surface area contributed by atoms with Crippen LogP contribution in [0, 0.1) is 0 Å². The van der Waals surface area contributed by atoms with E-state index in [1.807, 2.05) is 0 Å². The summed E-state index contributed by atoms with van der Waals surface area (Å²) in [4.78, 5) is 25.6. The van der Waals surface area contributed by atoms with Crippen LogP contribution in [0.2, 0.25) is 0 Å². The van der Waals surface area contributed by atoms with Gasteiger partial charge in [-0.05, 0) is 31.2 Å². The van der Waals surface area contributed by atoms with Crippen LogP contribution in [0.1, 0.15) is 17.3 Å². The number of Topliss-reactive ketones (excluding diaryl/α,β-unsaturated/α-hetero) is 1. The molecule has 6 nitrogen and oxygen atoms in total. The lowest BCUT2D eigenvalue weighted by atomic mass is 10.1. The van der Waals surface area contributed by atoms with E-state index in [0.717, 1.165) is 0 Å². The number of ether oxygens (including phenoxy) is 1. The van der Waals surface area contributed by atoms with Crippen LogP contribution in [-0.4, -0.2) is 58.7 Å². The summed E-state index contributed by atoms with van der Waals surface area (Å²) in [6.45, 7) is 2.11. The first-order chi connectivity index (χ1) is 9.51. The van der Waals surface area contributed by atoms with Gasteiger partial charge in [0.15, 0.2) is 0 Å². The number of nitrogens with zero attached hydrogens (tertiary/aromatic N) is 1. The molecule has 2 atom stereocenters. The van der Waals surface area contributed by atoms with Gasteiger partial charge in [0.05, 0.1) is 18.8 Å². The number of aliphatic hydroxyl groups excluding tert-OH is 1. The second-order valence-corrected chi connectivity index (χ2v) is 4.84. The van der Waals surface area contributed by atoms with Crippen LogP contribution in [-0.2, 0) is 9.53 Å². The van der Waals surface area contributed by atoms with Crippen LogP contribution in [0.4, 0.5) is 0 Å². The molecule has 20 heavy (non-hydrogen) atoms. The number of phenolic OH excluding ortho intramolecular Hbond substituents is 1. The van der Waals surface area contributed by atoms with E-state index in [9.17, 15) is 14.7 Å². The Labute approximate surface area is 116 Å². The Morgan fingerprint density at radius 1 is 1.30 bits per heavy atom. The van der Waals surface area contributed by atoms with E-state index in [2.05, 4.69) is 0 Å². The average Bonchev–Trinajstić information content (AvgIpc) is 2.45. The zero-order valence-corrected chi connectivity index (χ0v) is 11.2. The molecule has 0 spiro atoms. The van der Waals surface area contributed by atoms with E-state index in [1.165, 1.54) is 29.2 Å². The molecule has 0 saturated carbocycles. The predicted molar refractivity (Wildman–Crippen MR) is 70.4 cm³/mol. The fraction of sp³-hybridized carbons (Fsp3) is 0.429. The number of amides is 1. The Kier molecular flexibility index (Phi) is 4.36. The Morgan fingerprint density at radius 2 is 1.95 bits per heavy atom. The van der Waals surface area contributed by atoms with E-state index in [4.69, 9.17) is 9.84 Å². The molecule has 1 aliphatic heterocycles. The van der Waals surface area contributed by atoms with Crippen LogP contribution < -0.4 is 0 Å². The molecule has 1 saturated heterocycles. The summed E-state index contributed by atoms with van der Waals surface area (Å²) in [5.74, 6) is -1.21. The third-order valence-corrected chi connectivity index (χ3v) is 3.14. The minimum absolute atomic E-state index is 0.0364. The van der Waals surface area contributed by atoms with Gasteiger partial charge in [-0.2, -0.15) is 0 Å². The maximum Gasteiger partial charge on any atom is 0.295 e. The number of benzene rings is 1. The highest BCUT2D eigenvalue weighted by molar-refractivity contribution is 6.42. The normalized spacial score (nSPS) is 22.6. The number of aliphatic hydroxyl groups is 1. The average molecular weight is 279 g/mol. The monoisotopic (exact) mass is 279 g/mol. The summed E-state index contributed by atoms with van der Waals surface area (Å²) in [6.07, 6.45) is -0.687. The molecule has 1 heterocycles. The highest BCUT2D eigenvalue weighted by Gasteiger charge is 2.31. The van der Waals surface area contributed by atoms with Crippen molar-refractivity contribution in [2.45, 2.75) is 19.1 Å². The fourth-order valence-electron chi connectivity index (χ4n) is 2.19. The molecule has 0 aliphatic carbocycles. The van der Waals surface area contributed by atoms with E-state index < -0.39 is 17.8 Å². The Morgan fingerprint density at radius 3 is 2.55 bits per heavy atom. The number of hydrogen-bond acceptors (Lipinski definition) is 5. The maximum absolute atomic E-state index is 12.2. The third-order valence-electron chi connectivity index (χ3n) is 3.14. The zero-order valence-electron chi connectivity index (χ0n) is 11.2. The predicted octanol–water partition coefficient (Wildman–Crippen LogP) is 0.183. The third kappa shape index (κ3) is 3.15. The fourth-order valence-corrected chi connectivity index (χ4v) is 2.19. The van der Waals surface area contributed by atoms with Crippen molar-refractivity contribution in [1.29, 1.82) is 0 Å². The molecular weight excluding hydrogens is 262 g/mol. The summed E-state index contributed by atoms with van der Waals surface area (Å²) in [6, 6.07) is 5.53. The highest BCUT2D eigenvalue weighted by Crippen LogP contribution is 2.15. The van der Waals surface area contributed by atoms with Crippen molar-refractivity contribution < 1.29 is 24.5 Å². The molecular formula is C14H17NO5. The molecule has 1 aromatic rings. The van der Waals surface area contributed by atoms with Crippen LogP contribution in [0.3, 0.4) is 0 Å². The number of morpholine rings is 1. The van der Waals surface area contributed by atoms with Gasteiger partial charge in [-0.25, -0.2) is 0 Å².